The zero-order valence-corrected chi connectivity index (χ0v) is 17.1. The van der Waals surface area contributed by atoms with Crippen molar-refractivity contribution in [2.45, 2.75) is 52.5 Å². The summed E-state index contributed by atoms with van der Waals surface area (Å²) in [4.78, 5) is 29.3. The van der Waals surface area contributed by atoms with Crippen LogP contribution in [0.25, 0.3) is 9.88 Å². The van der Waals surface area contributed by atoms with Gasteiger partial charge in [0.25, 0.3) is 5.91 Å². The van der Waals surface area contributed by atoms with Gasteiger partial charge in [0, 0.05) is 11.4 Å². The molecule has 0 saturated carbocycles. The molecule has 0 aliphatic carbocycles. The molecule has 0 fully saturated rings. The average Bonchev–Trinajstić information content (AvgIpc) is 3.23. The molecule has 0 bridgehead atoms. The molecule has 1 N–H and O–H groups in total. The molecular formula is C19H26N2O3S2. The second-order valence-electron chi connectivity index (χ2n) is 6.75. The Balaban J connectivity index is 1.67. The van der Waals surface area contributed by atoms with E-state index in [9.17, 15) is 9.59 Å². The highest BCUT2D eigenvalue weighted by Gasteiger charge is 2.13. The number of carbonyl (C=O) groups excluding carboxylic acids is 2. The highest BCUT2D eigenvalue weighted by molar-refractivity contribution is 7.20. The maximum atomic E-state index is 11.9. The predicted molar refractivity (Wildman–Crippen MR) is 106 cm³/mol. The van der Waals surface area contributed by atoms with Crippen LogP contribution in [0.2, 0.25) is 0 Å². The molecule has 2 heterocycles. The van der Waals surface area contributed by atoms with Crippen LogP contribution in [0, 0.1) is 5.92 Å². The van der Waals surface area contributed by atoms with E-state index in [4.69, 9.17) is 4.74 Å². The molecule has 7 heteroatoms. The van der Waals surface area contributed by atoms with Gasteiger partial charge in [-0.2, -0.15) is 0 Å². The van der Waals surface area contributed by atoms with Crippen molar-refractivity contribution in [3.8, 4) is 9.88 Å². The summed E-state index contributed by atoms with van der Waals surface area (Å²) in [5.41, 5.74) is 0.672. The maximum absolute atomic E-state index is 11.9. The van der Waals surface area contributed by atoms with E-state index in [2.05, 4.69) is 24.1 Å². The van der Waals surface area contributed by atoms with Crippen molar-refractivity contribution in [1.29, 1.82) is 0 Å². The lowest BCUT2D eigenvalue weighted by atomic mass is 10.0. The molecule has 0 spiro atoms. The molecule has 1 amide bonds. The van der Waals surface area contributed by atoms with Gasteiger partial charge in [0.05, 0.1) is 17.0 Å². The number of hydrogen-bond donors (Lipinski definition) is 1. The Labute approximate surface area is 162 Å². The molecule has 5 nitrogen and oxygen atoms in total. The number of ether oxygens (including phenoxy) is 1. The topological polar surface area (TPSA) is 68.3 Å². The molecule has 2 aromatic rings. The van der Waals surface area contributed by atoms with Crippen LogP contribution in [-0.2, 0) is 20.7 Å². The summed E-state index contributed by atoms with van der Waals surface area (Å²) in [5, 5.41) is 7.61. The van der Waals surface area contributed by atoms with Crippen molar-refractivity contribution in [3.05, 3.63) is 28.6 Å². The first-order valence-electron chi connectivity index (χ1n) is 8.87. The van der Waals surface area contributed by atoms with Crippen molar-refractivity contribution in [3.63, 3.8) is 0 Å². The Morgan fingerprint density at radius 3 is 2.73 bits per heavy atom. The first-order valence-corrected chi connectivity index (χ1v) is 10.6. The monoisotopic (exact) mass is 394 g/mol. The molecule has 0 unspecified atom stereocenters. The summed E-state index contributed by atoms with van der Waals surface area (Å²) < 4.78 is 5.07. The summed E-state index contributed by atoms with van der Waals surface area (Å²) in [6.07, 6.45) is 3.24. The highest BCUT2D eigenvalue weighted by Crippen LogP contribution is 2.27. The molecule has 2 aromatic heterocycles. The molecule has 0 aromatic carbocycles. The van der Waals surface area contributed by atoms with Crippen LogP contribution in [0.15, 0.2) is 22.9 Å². The third-order valence-electron chi connectivity index (χ3n) is 3.80. The smallest absolute Gasteiger partial charge is 0.312 e. The first-order chi connectivity index (χ1) is 12.4. The highest BCUT2D eigenvalue weighted by atomic mass is 32.1. The summed E-state index contributed by atoms with van der Waals surface area (Å²) in [7, 11) is 0. The normalized spacial score (nSPS) is 12.2. The van der Waals surface area contributed by atoms with Crippen LogP contribution in [0.5, 0.6) is 0 Å². The predicted octanol–water partition coefficient (Wildman–Crippen LogP) is 4.29. The fourth-order valence-corrected chi connectivity index (χ4v) is 4.10. The first kappa shape index (κ1) is 20.6. The van der Waals surface area contributed by atoms with Gasteiger partial charge in [-0.3, -0.25) is 9.59 Å². The molecule has 1 atom stereocenters. The van der Waals surface area contributed by atoms with Crippen molar-refractivity contribution in [2.75, 3.05) is 6.61 Å². The Morgan fingerprint density at radius 1 is 1.23 bits per heavy atom. The van der Waals surface area contributed by atoms with Gasteiger partial charge in [0.1, 0.15) is 5.01 Å². The lowest BCUT2D eigenvalue weighted by Gasteiger charge is -2.14. The number of nitrogens with zero attached hydrogens (tertiary/aromatic N) is 1. The number of thiazole rings is 1. The summed E-state index contributed by atoms with van der Waals surface area (Å²) in [5.74, 6) is -0.0199. The van der Waals surface area contributed by atoms with Gasteiger partial charge in [0.15, 0.2) is 6.61 Å². The molecule has 0 aliphatic rings. The van der Waals surface area contributed by atoms with Crippen molar-refractivity contribution < 1.29 is 14.3 Å². The van der Waals surface area contributed by atoms with E-state index in [0.29, 0.717) is 11.6 Å². The minimum atomic E-state index is -0.435. The number of rotatable bonds is 10. The van der Waals surface area contributed by atoms with E-state index in [1.165, 1.54) is 11.3 Å². The third-order valence-corrected chi connectivity index (χ3v) is 5.73. The SMILES string of the molecule is CC(C)CCC[C@@H](C)NC(=O)COC(=O)Cc1csc(-c2cccs2)n1. The number of thiophene rings is 1. The van der Waals surface area contributed by atoms with Crippen LogP contribution >= 0.6 is 22.7 Å². The maximum Gasteiger partial charge on any atom is 0.312 e. The fraction of sp³-hybridized carbons (Fsp3) is 0.526. The zero-order chi connectivity index (χ0) is 18.9. The molecule has 142 valence electrons. The Morgan fingerprint density at radius 2 is 2.04 bits per heavy atom. The van der Waals surface area contributed by atoms with Gasteiger partial charge in [-0.05, 0) is 30.7 Å². The van der Waals surface area contributed by atoms with Crippen molar-refractivity contribution in [1.82, 2.24) is 10.3 Å². The van der Waals surface area contributed by atoms with Crippen LogP contribution < -0.4 is 5.32 Å². The molecule has 26 heavy (non-hydrogen) atoms. The number of esters is 1. The Kier molecular flexibility index (Phi) is 8.25. The van der Waals surface area contributed by atoms with Crippen molar-refractivity contribution >= 4 is 34.6 Å². The van der Waals surface area contributed by atoms with E-state index in [1.807, 2.05) is 29.8 Å². The number of nitrogens with one attached hydrogen (secondary N) is 1. The van der Waals surface area contributed by atoms with Crippen molar-refractivity contribution in [2.24, 2.45) is 5.92 Å². The van der Waals surface area contributed by atoms with Crippen LogP contribution in [0.4, 0.5) is 0 Å². The molecular weight excluding hydrogens is 368 g/mol. The second-order valence-corrected chi connectivity index (χ2v) is 8.56. The van der Waals surface area contributed by atoms with Gasteiger partial charge in [-0.15, -0.1) is 22.7 Å². The van der Waals surface area contributed by atoms with E-state index >= 15 is 0 Å². The Bertz CT molecular complexity index is 695. The van der Waals surface area contributed by atoms with E-state index < -0.39 is 5.97 Å². The van der Waals surface area contributed by atoms with Gasteiger partial charge in [0.2, 0.25) is 0 Å². The molecule has 2 rings (SSSR count). The summed E-state index contributed by atoms with van der Waals surface area (Å²) >= 11 is 3.12. The van der Waals surface area contributed by atoms with Crippen LogP contribution in [0.1, 0.15) is 45.7 Å². The molecule has 0 aliphatic heterocycles. The second kappa shape index (κ2) is 10.4. The van der Waals surface area contributed by atoms with Crippen LogP contribution in [-0.4, -0.2) is 29.5 Å². The average molecular weight is 395 g/mol. The van der Waals surface area contributed by atoms with Gasteiger partial charge >= 0.3 is 5.97 Å². The van der Waals surface area contributed by atoms with E-state index in [0.717, 1.165) is 29.1 Å². The van der Waals surface area contributed by atoms with Gasteiger partial charge in [-0.1, -0.05) is 32.8 Å². The van der Waals surface area contributed by atoms with Crippen LogP contribution in [0.3, 0.4) is 0 Å². The molecule has 0 radical (unpaired) electrons. The van der Waals surface area contributed by atoms with Gasteiger partial charge in [-0.25, -0.2) is 4.98 Å². The minimum Gasteiger partial charge on any atom is -0.455 e. The lowest BCUT2D eigenvalue weighted by molar-refractivity contribution is -0.148. The quantitative estimate of drug-likeness (QED) is 0.611. The van der Waals surface area contributed by atoms with Gasteiger partial charge < -0.3 is 10.1 Å². The Hall–Kier alpha value is -1.73. The third kappa shape index (κ3) is 7.25. The van der Waals surface area contributed by atoms with E-state index in [1.54, 1.807) is 11.3 Å². The summed E-state index contributed by atoms with van der Waals surface area (Å²) in [6, 6.07) is 4.06. The number of amides is 1. The molecule has 0 saturated heterocycles. The summed E-state index contributed by atoms with van der Waals surface area (Å²) in [6.45, 7) is 6.11. The zero-order valence-electron chi connectivity index (χ0n) is 15.5. The largest absolute Gasteiger partial charge is 0.455 e. The number of aromatic nitrogens is 1. The fourth-order valence-electron chi connectivity index (χ4n) is 2.47. The van der Waals surface area contributed by atoms with E-state index in [-0.39, 0.29) is 25.0 Å². The minimum absolute atomic E-state index is 0.0824. The standard InChI is InChI=1S/C19H26N2O3S2/c1-13(2)6-4-7-14(3)20-17(22)11-24-18(23)10-15-12-26-19(21-15)16-8-5-9-25-16/h5,8-9,12-14H,4,6-7,10-11H2,1-3H3,(H,20,22)/t14-/m1/s1. The lowest BCUT2D eigenvalue weighted by Crippen LogP contribution is -2.36. The number of carbonyl (C=O) groups is 2. The number of hydrogen-bond acceptors (Lipinski definition) is 6.